The van der Waals surface area contributed by atoms with Crippen molar-refractivity contribution in [3.8, 4) is 5.69 Å². The van der Waals surface area contributed by atoms with Crippen LogP contribution in [0.15, 0.2) is 35.5 Å². The second-order valence-corrected chi connectivity index (χ2v) is 7.17. The van der Waals surface area contributed by atoms with Crippen molar-refractivity contribution in [1.82, 2.24) is 14.4 Å². The number of nitrogens with zero attached hydrogens (tertiary/aromatic N) is 5. The van der Waals surface area contributed by atoms with Gasteiger partial charge in [0, 0.05) is 7.05 Å². The van der Waals surface area contributed by atoms with Crippen LogP contribution in [0.1, 0.15) is 31.1 Å². The number of hydrogen-bond acceptors (Lipinski definition) is 4. The van der Waals surface area contributed by atoms with Gasteiger partial charge in [-0.25, -0.2) is 9.36 Å². The van der Waals surface area contributed by atoms with Crippen LogP contribution in [0.4, 0.5) is 10.7 Å². The fraction of sp³-hybridized carbons (Fsp3) is 0.350. The molecule has 2 aromatic rings. The Morgan fingerprint density at radius 3 is 2.50 bits per heavy atom. The maximum Gasteiger partial charge on any atom is 0.406 e. The maximum atomic E-state index is 13.0. The van der Waals surface area contributed by atoms with E-state index < -0.39 is 18.0 Å². The van der Waals surface area contributed by atoms with Gasteiger partial charge in [-0.3, -0.25) is 19.4 Å². The van der Waals surface area contributed by atoms with Crippen LogP contribution in [0.5, 0.6) is 0 Å². The number of Topliss-reactive ketones (excluding diaryl/α,β-unsaturated/α-hetero) is 1. The molecule has 0 spiro atoms. The zero-order chi connectivity index (χ0) is 20.2. The molecule has 3 heterocycles. The molecule has 144 valence electrons. The number of aromatic nitrogens is 2. The summed E-state index contributed by atoms with van der Waals surface area (Å²) in [7, 11) is 1.58. The number of rotatable bonds is 4. The van der Waals surface area contributed by atoms with Gasteiger partial charge in [0.1, 0.15) is 23.4 Å². The lowest BCUT2D eigenvalue weighted by Crippen LogP contribution is -2.63. The fourth-order valence-electron chi connectivity index (χ4n) is 3.75. The van der Waals surface area contributed by atoms with Gasteiger partial charge in [-0.2, -0.15) is 4.57 Å². The van der Waals surface area contributed by atoms with E-state index in [0.717, 1.165) is 22.7 Å². The van der Waals surface area contributed by atoms with Crippen LogP contribution in [0.3, 0.4) is 0 Å². The number of aliphatic imine (C=N–C) groups is 1. The maximum absolute atomic E-state index is 13.0. The van der Waals surface area contributed by atoms with Gasteiger partial charge in [-0.05, 0) is 38.0 Å². The van der Waals surface area contributed by atoms with E-state index in [4.69, 9.17) is 0 Å². The molecule has 1 saturated heterocycles. The number of urea groups is 1. The Morgan fingerprint density at radius 1 is 1.21 bits per heavy atom. The summed E-state index contributed by atoms with van der Waals surface area (Å²) in [6.07, 6.45) is 2.81. The number of amidine groups is 1. The molecule has 1 aromatic carbocycles. The summed E-state index contributed by atoms with van der Waals surface area (Å²) in [6.45, 7) is 5.17. The molecule has 0 saturated carbocycles. The molecular weight excluding hydrogens is 358 g/mol. The first-order valence-corrected chi connectivity index (χ1v) is 9.23. The topological polar surface area (TPSA) is 78.9 Å². The van der Waals surface area contributed by atoms with Crippen molar-refractivity contribution in [2.45, 2.75) is 33.2 Å². The SMILES string of the molecule is CCc1ccc(-n2c(C)c[n+]3c2N=C2C3C(=O)N(CC(C)=O)C(=O)N2C)cc1. The van der Waals surface area contributed by atoms with Crippen LogP contribution in [0.25, 0.3) is 5.69 Å². The number of fused-ring (bicyclic) bond motifs is 3. The van der Waals surface area contributed by atoms with Gasteiger partial charge in [0.25, 0.3) is 5.91 Å². The number of carbonyl (C=O) groups excluding carboxylic acids is 3. The number of likely N-dealkylation sites (N-methyl/N-ethyl adjacent to an activating group) is 1. The molecule has 8 heteroatoms. The smallest absolute Gasteiger partial charge is 0.298 e. The highest BCUT2D eigenvalue weighted by Gasteiger charge is 2.53. The molecule has 28 heavy (non-hydrogen) atoms. The number of amides is 3. The van der Waals surface area contributed by atoms with Crippen LogP contribution in [0, 0.1) is 6.92 Å². The van der Waals surface area contributed by atoms with Gasteiger partial charge in [-0.1, -0.05) is 24.0 Å². The minimum atomic E-state index is -0.744. The Kier molecular flexibility index (Phi) is 4.14. The van der Waals surface area contributed by atoms with Gasteiger partial charge in [0.15, 0.2) is 0 Å². The summed E-state index contributed by atoms with van der Waals surface area (Å²) in [5.74, 6) is 0.283. The van der Waals surface area contributed by atoms with E-state index >= 15 is 0 Å². The second-order valence-electron chi connectivity index (χ2n) is 7.17. The van der Waals surface area contributed by atoms with Crippen LogP contribution in [-0.4, -0.2) is 51.5 Å². The van der Waals surface area contributed by atoms with Gasteiger partial charge in [0.2, 0.25) is 11.9 Å². The average Bonchev–Trinajstić information content (AvgIpc) is 3.18. The minimum absolute atomic E-state index is 0.236. The summed E-state index contributed by atoms with van der Waals surface area (Å²) < 4.78 is 3.74. The highest BCUT2D eigenvalue weighted by molar-refractivity contribution is 6.19. The average molecular weight is 380 g/mol. The second kappa shape index (κ2) is 6.40. The molecule has 0 aliphatic carbocycles. The molecule has 1 unspecified atom stereocenters. The first kappa shape index (κ1) is 18.1. The predicted octanol–water partition coefficient (Wildman–Crippen LogP) is 1.70. The Bertz CT molecular complexity index is 1030. The zero-order valence-corrected chi connectivity index (χ0v) is 16.3. The van der Waals surface area contributed by atoms with Gasteiger partial charge in [-0.15, -0.1) is 0 Å². The van der Waals surface area contributed by atoms with E-state index in [2.05, 4.69) is 24.0 Å². The van der Waals surface area contributed by atoms with Crippen molar-refractivity contribution >= 4 is 29.5 Å². The molecule has 1 atom stereocenters. The minimum Gasteiger partial charge on any atom is -0.298 e. The van der Waals surface area contributed by atoms with Crippen molar-refractivity contribution < 1.29 is 19.0 Å². The monoisotopic (exact) mass is 380 g/mol. The quantitative estimate of drug-likeness (QED) is 0.758. The van der Waals surface area contributed by atoms with E-state index in [9.17, 15) is 14.4 Å². The Morgan fingerprint density at radius 2 is 1.89 bits per heavy atom. The predicted molar refractivity (Wildman–Crippen MR) is 102 cm³/mol. The molecule has 1 fully saturated rings. The van der Waals surface area contributed by atoms with Crippen LogP contribution >= 0.6 is 0 Å². The third-order valence-corrected chi connectivity index (χ3v) is 5.19. The first-order chi connectivity index (χ1) is 13.3. The normalized spacial score (nSPS) is 18.3. The summed E-state index contributed by atoms with van der Waals surface area (Å²) in [5, 5.41) is 0. The largest absolute Gasteiger partial charge is 0.406 e. The Balaban J connectivity index is 1.81. The highest BCUT2D eigenvalue weighted by atomic mass is 16.2. The van der Waals surface area contributed by atoms with E-state index in [0.29, 0.717) is 11.8 Å². The summed E-state index contributed by atoms with van der Waals surface area (Å²) in [5.41, 5.74) is 3.10. The third kappa shape index (κ3) is 2.56. The molecule has 0 radical (unpaired) electrons. The number of hydrogen-bond donors (Lipinski definition) is 0. The molecule has 4 rings (SSSR count). The standard InChI is InChI=1S/C20H22N5O3/c1-5-14-6-8-15(9-7-14)25-12(2)10-23-16-17(21-19(23)25)22(4)20(28)24(18(16)27)11-13(3)26/h6-10,16H,5,11H2,1-4H3/q+1. The van der Waals surface area contributed by atoms with E-state index in [1.807, 2.05) is 29.8 Å². The van der Waals surface area contributed by atoms with Gasteiger partial charge < -0.3 is 0 Å². The molecule has 8 nitrogen and oxygen atoms in total. The van der Waals surface area contributed by atoms with Crippen LogP contribution < -0.4 is 4.57 Å². The lowest BCUT2D eigenvalue weighted by molar-refractivity contribution is -0.676. The van der Waals surface area contributed by atoms with Crippen LogP contribution in [-0.2, 0) is 16.0 Å². The lowest BCUT2D eigenvalue weighted by Gasteiger charge is -2.32. The molecule has 3 amide bonds. The summed E-state index contributed by atoms with van der Waals surface area (Å²) >= 11 is 0. The molecule has 2 aliphatic heterocycles. The lowest BCUT2D eigenvalue weighted by atomic mass is 10.1. The van der Waals surface area contributed by atoms with Gasteiger partial charge >= 0.3 is 12.0 Å². The molecule has 0 N–H and O–H groups in total. The number of imide groups is 1. The Hall–Kier alpha value is -3.29. The number of imidazole rings is 1. The number of aryl methyl sites for hydroxylation is 2. The van der Waals surface area contributed by atoms with E-state index in [1.54, 1.807) is 11.6 Å². The van der Waals surface area contributed by atoms with Crippen molar-refractivity contribution in [1.29, 1.82) is 0 Å². The fourth-order valence-corrected chi connectivity index (χ4v) is 3.75. The third-order valence-electron chi connectivity index (χ3n) is 5.19. The Labute approximate surface area is 162 Å². The molecule has 2 aliphatic rings. The van der Waals surface area contributed by atoms with Gasteiger partial charge in [0.05, 0.1) is 6.54 Å². The summed E-state index contributed by atoms with van der Waals surface area (Å²) in [6, 6.07) is 6.90. The number of benzene rings is 1. The number of carbonyl (C=O) groups is 3. The highest BCUT2D eigenvalue weighted by Crippen LogP contribution is 2.31. The van der Waals surface area contributed by atoms with E-state index in [1.165, 1.54) is 17.4 Å². The summed E-state index contributed by atoms with van der Waals surface area (Å²) in [4.78, 5) is 44.1. The molecular formula is C20H22N5O3+. The molecule has 1 aromatic heterocycles. The first-order valence-electron chi connectivity index (χ1n) is 9.23. The number of ketones is 1. The zero-order valence-electron chi connectivity index (χ0n) is 16.3. The van der Waals surface area contributed by atoms with Crippen molar-refractivity contribution in [2.75, 3.05) is 13.6 Å². The van der Waals surface area contributed by atoms with E-state index in [-0.39, 0.29) is 12.3 Å². The van der Waals surface area contributed by atoms with Crippen molar-refractivity contribution in [3.05, 3.63) is 41.7 Å². The van der Waals surface area contributed by atoms with Crippen molar-refractivity contribution in [2.24, 2.45) is 4.99 Å². The van der Waals surface area contributed by atoms with Crippen molar-refractivity contribution in [3.63, 3.8) is 0 Å². The van der Waals surface area contributed by atoms with Crippen LogP contribution in [0.2, 0.25) is 0 Å². The molecule has 0 bridgehead atoms.